The number of hydrogen-bond donors (Lipinski definition) is 1. The molecule has 2 heterocycles. The fourth-order valence-corrected chi connectivity index (χ4v) is 1.76. The fraction of sp³-hybridized carbons (Fsp3) is 0.267. The molecule has 104 valence electrons. The van der Waals surface area contributed by atoms with Crippen LogP contribution in [0.4, 0.5) is 11.5 Å². The summed E-state index contributed by atoms with van der Waals surface area (Å²) in [4.78, 5) is 22.2. The third-order valence-corrected chi connectivity index (χ3v) is 2.88. The first-order chi connectivity index (χ1) is 9.72. The molecule has 0 spiro atoms. The Labute approximate surface area is 118 Å². The highest BCUT2D eigenvalue weighted by atomic mass is 16.2. The molecule has 0 fully saturated rings. The summed E-state index contributed by atoms with van der Waals surface area (Å²) >= 11 is 0. The summed E-state index contributed by atoms with van der Waals surface area (Å²) in [5.41, 5.74) is 1.21. The fourth-order valence-electron chi connectivity index (χ4n) is 1.76. The first kappa shape index (κ1) is 14.0. The van der Waals surface area contributed by atoms with E-state index in [0.29, 0.717) is 5.69 Å². The number of pyridine rings is 2. The van der Waals surface area contributed by atoms with Crippen molar-refractivity contribution >= 4 is 17.4 Å². The molecule has 0 saturated heterocycles. The maximum absolute atomic E-state index is 12.4. The Hall–Kier alpha value is -2.43. The Morgan fingerprint density at radius 1 is 1.25 bits per heavy atom. The monoisotopic (exact) mass is 270 g/mol. The van der Waals surface area contributed by atoms with Crippen LogP contribution in [0.25, 0.3) is 0 Å². The van der Waals surface area contributed by atoms with Crippen LogP contribution in [0.15, 0.2) is 42.7 Å². The minimum atomic E-state index is -0.142. The van der Waals surface area contributed by atoms with Crippen LogP contribution >= 0.6 is 0 Å². The Morgan fingerprint density at radius 2 is 2.00 bits per heavy atom. The van der Waals surface area contributed by atoms with E-state index in [4.69, 9.17) is 0 Å². The van der Waals surface area contributed by atoms with Crippen LogP contribution in [-0.2, 0) is 0 Å². The van der Waals surface area contributed by atoms with Crippen LogP contribution in [0.1, 0.15) is 23.8 Å². The molecule has 5 heteroatoms. The predicted molar refractivity (Wildman–Crippen MR) is 80.0 cm³/mol. The van der Waals surface area contributed by atoms with Gasteiger partial charge in [0, 0.05) is 31.7 Å². The Kier molecular flexibility index (Phi) is 4.65. The second kappa shape index (κ2) is 6.65. The molecule has 0 aliphatic carbocycles. The van der Waals surface area contributed by atoms with Crippen molar-refractivity contribution in [3.05, 3.63) is 48.4 Å². The lowest BCUT2D eigenvalue weighted by Gasteiger charge is -2.16. The smallest absolute Gasteiger partial charge is 0.276 e. The Balaban J connectivity index is 2.16. The van der Waals surface area contributed by atoms with Crippen molar-refractivity contribution in [2.45, 2.75) is 13.3 Å². The van der Waals surface area contributed by atoms with Gasteiger partial charge in [-0.1, -0.05) is 13.0 Å². The summed E-state index contributed by atoms with van der Waals surface area (Å²) in [6.07, 6.45) is 4.33. The van der Waals surface area contributed by atoms with Crippen molar-refractivity contribution in [2.24, 2.45) is 0 Å². The number of carbonyl (C=O) groups excluding carboxylic acids is 1. The second-order valence-corrected chi connectivity index (χ2v) is 4.40. The average molecular weight is 270 g/mol. The second-order valence-electron chi connectivity index (χ2n) is 4.40. The molecule has 2 rings (SSSR count). The lowest BCUT2D eigenvalue weighted by molar-refractivity contribution is 0.0988. The number of rotatable bonds is 5. The van der Waals surface area contributed by atoms with E-state index in [1.54, 1.807) is 42.5 Å². The molecule has 2 aromatic rings. The highest BCUT2D eigenvalue weighted by molar-refractivity contribution is 6.04. The summed E-state index contributed by atoms with van der Waals surface area (Å²) < 4.78 is 0. The van der Waals surface area contributed by atoms with Crippen molar-refractivity contribution in [3.63, 3.8) is 0 Å². The number of hydrogen-bond acceptors (Lipinski definition) is 4. The average Bonchev–Trinajstić information content (AvgIpc) is 2.52. The standard InChI is InChI=1S/C15H18N4O/c1-3-9-17-14-6-4-5-13(18-14)15(20)19(2)12-7-10-16-11-8-12/h4-8,10-11H,3,9H2,1-2H3,(H,17,18). The van der Waals surface area contributed by atoms with E-state index in [2.05, 4.69) is 22.2 Å². The van der Waals surface area contributed by atoms with Crippen molar-refractivity contribution < 1.29 is 4.79 Å². The highest BCUT2D eigenvalue weighted by Crippen LogP contribution is 2.14. The van der Waals surface area contributed by atoms with Crippen LogP contribution in [0.2, 0.25) is 0 Å². The van der Waals surface area contributed by atoms with E-state index in [1.165, 1.54) is 0 Å². The summed E-state index contributed by atoms with van der Waals surface area (Å²) in [7, 11) is 1.73. The van der Waals surface area contributed by atoms with Crippen molar-refractivity contribution in [2.75, 3.05) is 23.8 Å². The minimum Gasteiger partial charge on any atom is -0.370 e. The van der Waals surface area contributed by atoms with Gasteiger partial charge in [0.25, 0.3) is 5.91 Å². The van der Waals surface area contributed by atoms with E-state index in [9.17, 15) is 4.79 Å². The number of anilines is 2. The predicted octanol–water partition coefficient (Wildman–Crippen LogP) is 2.58. The van der Waals surface area contributed by atoms with Crippen LogP contribution in [0.3, 0.4) is 0 Å². The van der Waals surface area contributed by atoms with E-state index < -0.39 is 0 Å². The lowest BCUT2D eigenvalue weighted by atomic mass is 10.3. The molecule has 0 aliphatic rings. The molecular weight excluding hydrogens is 252 g/mol. The molecular formula is C15H18N4O. The van der Waals surface area contributed by atoms with Gasteiger partial charge in [0.1, 0.15) is 11.5 Å². The molecule has 5 nitrogen and oxygen atoms in total. The lowest BCUT2D eigenvalue weighted by Crippen LogP contribution is -2.27. The van der Waals surface area contributed by atoms with E-state index in [0.717, 1.165) is 24.5 Å². The molecule has 20 heavy (non-hydrogen) atoms. The van der Waals surface area contributed by atoms with Gasteiger partial charge in [-0.25, -0.2) is 4.98 Å². The quantitative estimate of drug-likeness (QED) is 0.907. The first-order valence-electron chi connectivity index (χ1n) is 6.61. The van der Waals surface area contributed by atoms with Gasteiger partial charge in [0.2, 0.25) is 0 Å². The Bertz CT molecular complexity index is 571. The van der Waals surface area contributed by atoms with Gasteiger partial charge in [-0.2, -0.15) is 0 Å². The third-order valence-electron chi connectivity index (χ3n) is 2.88. The molecule has 0 aromatic carbocycles. The van der Waals surface area contributed by atoms with Crippen LogP contribution in [0.5, 0.6) is 0 Å². The largest absolute Gasteiger partial charge is 0.370 e. The van der Waals surface area contributed by atoms with Crippen molar-refractivity contribution in [3.8, 4) is 0 Å². The normalized spacial score (nSPS) is 10.1. The first-order valence-corrected chi connectivity index (χ1v) is 6.61. The summed E-state index contributed by atoms with van der Waals surface area (Å²) in [6.45, 7) is 2.92. The van der Waals surface area contributed by atoms with Crippen LogP contribution < -0.4 is 10.2 Å². The number of carbonyl (C=O) groups is 1. The number of amides is 1. The van der Waals surface area contributed by atoms with Crippen molar-refractivity contribution in [1.82, 2.24) is 9.97 Å². The zero-order valence-corrected chi connectivity index (χ0v) is 11.7. The summed E-state index contributed by atoms with van der Waals surface area (Å²) in [5, 5.41) is 3.18. The van der Waals surface area contributed by atoms with Gasteiger partial charge in [0.05, 0.1) is 0 Å². The van der Waals surface area contributed by atoms with Gasteiger partial charge in [-0.3, -0.25) is 9.78 Å². The van der Waals surface area contributed by atoms with Gasteiger partial charge in [-0.15, -0.1) is 0 Å². The summed E-state index contributed by atoms with van der Waals surface area (Å²) in [6, 6.07) is 8.99. The van der Waals surface area contributed by atoms with Gasteiger partial charge in [-0.05, 0) is 30.7 Å². The zero-order chi connectivity index (χ0) is 14.4. The maximum atomic E-state index is 12.4. The van der Waals surface area contributed by atoms with Crippen LogP contribution in [0, 0.1) is 0 Å². The van der Waals surface area contributed by atoms with Crippen molar-refractivity contribution in [1.29, 1.82) is 0 Å². The highest BCUT2D eigenvalue weighted by Gasteiger charge is 2.14. The van der Waals surface area contributed by atoms with E-state index in [-0.39, 0.29) is 5.91 Å². The Morgan fingerprint density at radius 3 is 2.70 bits per heavy atom. The number of aromatic nitrogens is 2. The summed E-state index contributed by atoms with van der Waals surface area (Å²) in [5.74, 6) is 0.581. The van der Waals surface area contributed by atoms with Crippen LogP contribution in [-0.4, -0.2) is 29.5 Å². The number of nitrogens with zero attached hydrogens (tertiary/aromatic N) is 3. The molecule has 0 radical (unpaired) electrons. The molecule has 0 aliphatic heterocycles. The van der Waals surface area contributed by atoms with E-state index >= 15 is 0 Å². The molecule has 1 N–H and O–H groups in total. The molecule has 2 aromatic heterocycles. The molecule has 0 unspecified atom stereocenters. The molecule has 0 saturated carbocycles. The SMILES string of the molecule is CCCNc1cccc(C(=O)N(C)c2ccncc2)n1. The maximum Gasteiger partial charge on any atom is 0.276 e. The topological polar surface area (TPSA) is 58.1 Å². The number of nitrogens with one attached hydrogen (secondary N) is 1. The van der Waals surface area contributed by atoms with Gasteiger partial charge < -0.3 is 10.2 Å². The third kappa shape index (κ3) is 3.32. The molecule has 0 bridgehead atoms. The van der Waals surface area contributed by atoms with Gasteiger partial charge >= 0.3 is 0 Å². The van der Waals surface area contributed by atoms with Gasteiger partial charge in [0.15, 0.2) is 0 Å². The molecule has 0 atom stereocenters. The van der Waals surface area contributed by atoms with E-state index in [1.807, 2.05) is 12.1 Å². The minimum absolute atomic E-state index is 0.142. The molecule has 1 amide bonds. The zero-order valence-electron chi connectivity index (χ0n) is 11.7.